The molecular formula is C12H13ClN4. The number of hydrogen-bond donors (Lipinski definition) is 1. The molecule has 5 heteroatoms. The monoisotopic (exact) mass is 248 g/mol. The summed E-state index contributed by atoms with van der Waals surface area (Å²) in [5.74, 6) is 0.485. The maximum absolute atomic E-state index is 5.90. The summed E-state index contributed by atoms with van der Waals surface area (Å²) >= 11 is 5.88. The highest BCUT2D eigenvalue weighted by atomic mass is 35.5. The lowest BCUT2D eigenvalue weighted by molar-refractivity contribution is 0.287. The molecule has 0 amide bonds. The molecule has 1 aliphatic rings. The van der Waals surface area contributed by atoms with Gasteiger partial charge in [0.25, 0.3) is 0 Å². The summed E-state index contributed by atoms with van der Waals surface area (Å²) in [6.45, 7) is 0. The third kappa shape index (κ3) is 1.78. The SMILES string of the molecule is Nc1nnn(C2CCC2)c1-c1ccc(Cl)cc1. The summed E-state index contributed by atoms with van der Waals surface area (Å²) < 4.78 is 1.95. The normalized spacial score (nSPS) is 15.8. The van der Waals surface area contributed by atoms with Crippen LogP contribution >= 0.6 is 11.6 Å². The van der Waals surface area contributed by atoms with Gasteiger partial charge in [-0.3, -0.25) is 0 Å². The van der Waals surface area contributed by atoms with E-state index in [0.29, 0.717) is 11.9 Å². The fraction of sp³-hybridized carbons (Fsp3) is 0.333. The average molecular weight is 249 g/mol. The summed E-state index contributed by atoms with van der Waals surface area (Å²) in [7, 11) is 0. The molecule has 3 rings (SSSR count). The van der Waals surface area contributed by atoms with Crippen molar-refractivity contribution < 1.29 is 0 Å². The van der Waals surface area contributed by atoms with E-state index in [2.05, 4.69) is 10.3 Å². The van der Waals surface area contributed by atoms with E-state index in [1.165, 1.54) is 6.42 Å². The predicted octanol–water partition coefficient (Wildman–Crippen LogP) is 2.91. The van der Waals surface area contributed by atoms with Crippen molar-refractivity contribution in [1.82, 2.24) is 15.0 Å². The van der Waals surface area contributed by atoms with E-state index in [0.717, 1.165) is 29.1 Å². The topological polar surface area (TPSA) is 56.7 Å². The molecule has 0 radical (unpaired) electrons. The van der Waals surface area contributed by atoms with E-state index in [1.807, 2.05) is 28.9 Å². The van der Waals surface area contributed by atoms with Crippen molar-refractivity contribution in [2.45, 2.75) is 25.3 Å². The number of halogens is 1. The van der Waals surface area contributed by atoms with Crippen LogP contribution in [-0.2, 0) is 0 Å². The zero-order valence-corrected chi connectivity index (χ0v) is 10.1. The zero-order valence-electron chi connectivity index (χ0n) is 9.31. The van der Waals surface area contributed by atoms with Crippen LogP contribution in [0.5, 0.6) is 0 Å². The van der Waals surface area contributed by atoms with Crippen molar-refractivity contribution in [1.29, 1.82) is 0 Å². The number of aromatic nitrogens is 3. The van der Waals surface area contributed by atoms with Gasteiger partial charge in [-0.25, -0.2) is 4.68 Å². The first-order chi connectivity index (χ1) is 8.25. The molecule has 17 heavy (non-hydrogen) atoms. The number of nitrogens with zero attached hydrogens (tertiary/aromatic N) is 3. The fourth-order valence-corrected chi connectivity index (χ4v) is 2.21. The van der Waals surface area contributed by atoms with Crippen LogP contribution in [0.3, 0.4) is 0 Å². The third-order valence-electron chi connectivity index (χ3n) is 3.26. The van der Waals surface area contributed by atoms with Gasteiger partial charge in [0.15, 0.2) is 5.82 Å². The first-order valence-electron chi connectivity index (χ1n) is 5.72. The highest BCUT2D eigenvalue weighted by molar-refractivity contribution is 6.30. The van der Waals surface area contributed by atoms with Crippen LogP contribution in [0.2, 0.25) is 5.02 Å². The van der Waals surface area contributed by atoms with Gasteiger partial charge < -0.3 is 5.73 Å². The van der Waals surface area contributed by atoms with E-state index >= 15 is 0 Å². The molecule has 0 bridgehead atoms. The molecule has 1 aromatic carbocycles. The number of hydrogen-bond acceptors (Lipinski definition) is 3. The second kappa shape index (κ2) is 4.04. The minimum atomic E-state index is 0.450. The van der Waals surface area contributed by atoms with Crippen molar-refractivity contribution in [2.75, 3.05) is 5.73 Å². The lowest BCUT2D eigenvalue weighted by Crippen LogP contribution is -2.19. The lowest BCUT2D eigenvalue weighted by atomic mass is 9.93. The Balaban J connectivity index is 2.06. The Morgan fingerprint density at radius 2 is 1.94 bits per heavy atom. The molecule has 1 aliphatic carbocycles. The predicted molar refractivity (Wildman–Crippen MR) is 67.8 cm³/mol. The maximum atomic E-state index is 5.90. The Labute approximate surface area is 104 Å². The molecule has 0 aliphatic heterocycles. The van der Waals surface area contributed by atoms with Crippen LogP contribution in [0.15, 0.2) is 24.3 Å². The van der Waals surface area contributed by atoms with Gasteiger partial charge in [0, 0.05) is 10.6 Å². The lowest BCUT2D eigenvalue weighted by Gasteiger charge is -2.26. The van der Waals surface area contributed by atoms with E-state index in [-0.39, 0.29) is 0 Å². The number of nitrogens with two attached hydrogens (primary N) is 1. The standard InChI is InChI=1S/C12H13ClN4/c13-9-6-4-8(5-7-9)11-12(14)15-16-17(11)10-2-1-3-10/h4-7,10H,1-3,14H2. The minimum absolute atomic E-state index is 0.450. The summed E-state index contributed by atoms with van der Waals surface area (Å²) in [6.07, 6.45) is 3.57. The molecule has 4 nitrogen and oxygen atoms in total. The molecule has 2 aromatic rings. The Morgan fingerprint density at radius 3 is 2.53 bits per heavy atom. The Bertz CT molecular complexity index is 528. The second-order valence-electron chi connectivity index (χ2n) is 4.36. The van der Waals surface area contributed by atoms with Crippen LogP contribution in [0.1, 0.15) is 25.3 Å². The summed E-state index contributed by atoms with van der Waals surface area (Å²) in [5.41, 5.74) is 7.83. The first-order valence-corrected chi connectivity index (χ1v) is 6.10. The highest BCUT2D eigenvalue weighted by Gasteiger charge is 2.25. The average Bonchev–Trinajstić information content (AvgIpc) is 2.60. The van der Waals surface area contributed by atoms with Gasteiger partial charge in [0.2, 0.25) is 0 Å². The molecule has 0 saturated heterocycles. The van der Waals surface area contributed by atoms with E-state index in [1.54, 1.807) is 0 Å². The van der Waals surface area contributed by atoms with Crippen LogP contribution in [0, 0.1) is 0 Å². The van der Waals surface area contributed by atoms with Crippen molar-refractivity contribution in [2.24, 2.45) is 0 Å². The van der Waals surface area contributed by atoms with E-state index in [4.69, 9.17) is 17.3 Å². The number of benzene rings is 1. The zero-order chi connectivity index (χ0) is 11.8. The number of rotatable bonds is 2. The van der Waals surface area contributed by atoms with Gasteiger partial charge >= 0.3 is 0 Å². The molecule has 1 heterocycles. The van der Waals surface area contributed by atoms with Gasteiger partial charge in [-0.15, -0.1) is 5.10 Å². The van der Waals surface area contributed by atoms with Crippen LogP contribution in [-0.4, -0.2) is 15.0 Å². The van der Waals surface area contributed by atoms with Crippen LogP contribution < -0.4 is 5.73 Å². The minimum Gasteiger partial charge on any atom is -0.380 e. The molecule has 2 N–H and O–H groups in total. The maximum Gasteiger partial charge on any atom is 0.174 e. The summed E-state index contributed by atoms with van der Waals surface area (Å²) in [6, 6.07) is 8.06. The third-order valence-corrected chi connectivity index (χ3v) is 3.51. The summed E-state index contributed by atoms with van der Waals surface area (Å²) in [4.78, 5) is 0. The summed E-state index contributed by atoms with van der Waals surface area (Å²) in [5, 5.41) is 8.84. The molecule has 1 saturated carbocycles. The second-order valence-corrected chi connectivity index (χ2v) is 4.80. The Hall–Kier alpha value is -1.55. The van der Waals surface area contributed by atoms with Gasteiger partial charge in [-0.1, -0.05) is 28.9 Å². The smallest absolute Gasteiger partial charge is 0.174 e. The number of nitrogen functional groups attached to an aromatic ring is 1. The molecule has 1 fully saturated rings. The van der Waals surface area contributed by atoms with Gasteiger partial charge in [-0.05, 0) is 31.4 Å². The van der Waals surface area contributed by atoms with Crippen molar-refractivity contribution in [3.8, 4) is 11.3 Å². The first kappa shape index (κ1) is 10.6. The largest absolute Gasteiger partial charge is 0.380 e. The van der Waals surface area contributed by atoms with E-state index < -0.39 is 0 Å². The Morgan fingerprint density at radius 1 is 1.24 bits per heavy atom. The molecule has 1 aromatic heterocycles. The van der Waals surface area contributed by atoms with Gasteiger partial charge in [0.1, 0.15) is 5.69 Å². The molecular weight excluding hydrogens is 236 g/mol. The van der Waals surface area contributed by atoms with Crippen LogP contribution in [0.25, 0.3) is 11.3 Å². The Kier molecular flexibility index (Phi) is 2.52. The van der Waals surface area contributed by atoms with Crippen LogP contribution in [0.4, 0.5) is 5.82 Å². The molecule has 0 atom stereocenters. The van der Waals surface area contributed by atoms with Crippen molar-refractivity contribution >= 4 is 17.4 Å². The quantitative estimate of drug-likeness (QED) is 0.889. The van der Waals surface area contributed by atoms with E-state index in [9.17, 15) is 0 Å². The molecule has 0 spiro atoms. The number of anilines is 1. The van der Waals surface area contributed by atoms with Crippen molar-refractivity contribution in [3.63, 3.8) is 0 Å². The highest BCUT2D eigenvalue weighted by Crippen LogP contribution is 2.36. The van der Waals surface area contributed by atoms with Gasteiger partial charge in [-0.2, -0.15) is 0 Å². The van der Waals surface area contributed by atoms with Crippen molar-refractivity contribution in [3.05, 3.63) is 29.3 Å². The molecule has 0 unspecified atom stereocenters. The fourth-order valence-electron chi connectivity index (χ4n) is 2.08. The molecule has 88 valence electrons. The van der Waals surface area contributed by atoms with Gasteiger partial charge in [0.05, 0.1) is 6.04 Å².